The number of amides is 1. The smallest absolute Gasteiger partial charge is 0.251 e. The van der Waals surface area contributed by atoms with Gasteiger partial charge in [-0.2, -0.15) is 0 Å². The first kappa shape index (κ1) is 16.3. The van der Waals surface area contributed by atoms with Gasteiger partial charge < -0.3 is 14.8 Å². The summed E-state index contributed by atoms with van der Waals surface area (Å²) < 4.78 is 24.8. The van der Waals surface area contributed by atoms with Crippen molar-refractivity contribution in [2.45, 2.75) is 6.61 Å². The number of ether oxygens (including phenoxy) is 2. The predicted molar refractivity (Wildman–Crippen MR) is 84.8 cm³/mol. The fourth-order valence-corrected chi connectivity index (χ4v) is 2.27. The van der Waals surface area contributed by atoms with Crippen molar-refractivity contribution in [2.24, 2.45) is 0 Å². The van der Waals surface area contributed by atoms with Crippen molar-refractivity contribution in [3.05, 3.63) is 57.8 Å². The molecule has 0 unspecified atom stereocenters. The number of carbonyl (C=O) groups excluding carboxylic acids is 1. The second kappa shape index (κ2) is 7.26. The Balaban J connectivity index is 2.17. The highest BCUT2D eigenvalue weighted by molar-refractivity contribution is 9.10. The van der Waals surface area contributed by atoms with E-state index in [1.54, 1.807) is 19.2 Å². The molecule has 0 saturated carbocycles. The monoisotopic (exact) mass is 367 g/mol. The van der Waals surface area contributed by atoms with Gasteiger partial charge >= 0.3 is 0 Å². The van der Waals surface area contributed by atoms with Gasteiger partial charge in [0, 0.05) is 12.6 Å². The Morgan fingerprint density at radius 3 is 2.55 bits per heavy atom. The lowest BCUT2D eigenvalue weighted by Gasteiger charge is -2.11. The minimum atomic E-state index is -0.541. The minimum absolute atomic E-state index is 0.0174. The van der Waals surface area contributed by atoms with Crippen molar-refractivity contribution >= 4 is 21.8 Å². The molecule has 0 aliphatic rings. The molecule has 0 heterocycles. The van der Waals surface area contributed by atoms with E-state index in [2.05, 4.69) is 21.2 Å². The van der Waals surface area contributed by atoms with Crippen molar-refractivity contribution in [2.75, 3.05) is 14.2 Å². The van der Waals surface area contributed by atoms with Crippen LogP contribution < -0.4 is 14.8 Å². The molecule has 1 amide bonds. The van der Waals surface area contributed by atoms with Crippen LogP contribution in [0, 0.1) is 5.82 Å². The molecule has 6 heteroatoms. The molecule has 0 aliphatic carbocycles. The maximum Gasteiger partial charge on any atom is 0.251 e. The minimum Gasteiger partial charge on any atom is -0.497 e. The number of rotatable bonds is 5. The number of nitrogens with one attached hydrogen (secondary N) is 1. The van der Waals surface area contributed by atoms with Crippen molar-refractivity contribution in [3.8, 4) is 11.5 Å². The van der Waals surface area contributed by atoms with Crippen LogP contribution in [-0.4, -0.2) is 20.1 Å². The molecule has 0 fully saturated rings. The summed E-state index contributed by atoms with van der Waals surface area (Å²) in [5, 5.41) is 2.49. The van der Waals surface area contributed by atoms with Gasteiger partial charge in [-0.05, 0) is 45.8 Å². The Bertz CT molecular complexity index is 674. The Kier molecular flexibility index (Phi) is 5.38. The van der Waals surface area contributed by atoms with E-state index in [1.807, 2.05) is 12.1 Å². The molecule has 22 heavy (non-hydrogen) atoms. The zero-order chi connectivity index (χ0) is 16.1. The Morgan fingerprint density at radius 1 is 1.27 bits per heavy atom. The lowest BCUT2D eigenvalue weighted by Crippen LogP contribution is -2.18. The van der Waals surface area contributed by atoms with E-state index >= 15 is 0 Å². The third-order valence-electron chi connectivity index (χ3n) is 3.04. The van der Waals surface area contributed by atoms with E-state index in [-0.39, 0.29) is 22.7 Å². The van der Waals surface area contributed by atoms with Crippen molar-refractivity contribution < 1.29 is 18.7 Å². The van der Waals surface area contributed by atoms with Crippen LogP contribution in [0.1, 0.15) is 15.9 Å². The molecule has 0 spiro atoms. The highest BCUT2D eigenvalue weighted by Crippen LogP contribution is 2.28. The standard InChI is InChI=1S/C16H15BrFNO3/c1-19-16(20)11-7-13(17)15(18)14(8-11)22-9-10-3-5-12(21-2)6-4-10/h3-8H,9H2,1-2H3,(H,19,20). The van der Waals surface area contributed by atoms with Crippen molar-refractivity contribution in [3.63, 3.8) is 0 Å². The molecule has 2 aromatic rings. The molecule has 2 aromatic carbocycles. The topological polar surface area (TPSA) is 47.6 Å². The van der Waals surface area contributed by atoms with Gasteiger partial charge in [0.05, 0.1) is 11.6 Å². The largest absolute Gasteiger partial charge is 0.497 e. The summed E-state index contributed by atoms with van der Waals surface area (Å²) in [6, 6.07) is 10.0. The number of halogens is 2. The van der Waals surface area contributed by atoms with Gasteiger partial charge in [-0.25, -0.2) is 4.39 Å². The molecule has 0 radical (unpaired) electrons. The molecule has 0 aromatic heterocycles. The van der Waals surface area contributed by atoms with Crippen LogP contribution in [-0.2, 0) is 6.61 Å². The molecule has 0 saturated heterocycles. The Labute approximate surface area is 136 Å². The normalized spacial score (nSPS) is 10.2. The fraction of sp³-hybridized carbons (Fsp3) is 0.188. The Hall–Kier alpha value is -2.08. The average Bonchev–Trinajstić information content (AvgIpc) is 2.55. The van der Waals surface area contributed by atoms with Gasteiger partial charge in [0.2, 0.25) is 0 Å². The van der Waals surface area contributed by atoms with Gasteiger partial charge in [-0.3, -0.25) is 4.79 Å². The van der Waals surface area contributed by atoms with Crippen molar-refractivity contribution in [1.82, 2.24) is 5.32 Å². The third kappa shape index (κ3) is 3.76. The van der Waals surface area contributed by atoms with Crippen LogP contribution in [0.25, 0.3) is 0 Å². The highest BCUT2D eigenvalue weighted by Gasteiger charge is 2.14. The van der Waals surface area contributed by atoms with Crippen LogP contribution in [0.5, 0.6) is 11.5 Å². The summed E-state index contributed by atoms with van der Waals surface area (Å²) in [5.41, 5.74) is 1.18. The molecular weight excluding hydrogens is 353 g/mol. The zero-order valence-corrected chi connectivity index (χ0v) is 13.7. The number of methoxy groups -OCH3 is 1. The van der Waals surface area contributed by atoms with E-state index in [0.29, 0.717) is 5.56 Å². The quantitative estimate of drug-likeness (QED) is 0.879. The molecule has 4 nitrogen and oxygen atoms in total. The van der Waals surface area contributed by atoms with Crippen LogP contribution in [0.2, 0.25) is 0 Å². The second-order valence-corrected chi connectivity index (χ2v) is 5.34. The van der Waals surface area contributed by atoms with E-state index in [1.165, 1.54) is 19.2 Å². The summed E-state index contributed by atoms with van der Waals surface area (Å²) in [7, 11) is 3.10. The van der Waals surface area contributed by atoms with Crippen LogP contribution in [0.15, 0.2) is 40.9 Å². The number of hydrogen-bond acceptors (Lipinski definition) is 3. The SMILES string of the molecule is CNC(=O)c1cc(Br)c(F)c(OCc2ccc(OC)cc2)c1. The van der Waals surface area contributed by atoms with Gasteiger partial charge in [-0.15, -0.1) is 0 Å². The first-order chi connectivity index (χ1) is 10.5. The number of hydrogen-bond donors (Lipinski definition) is 1. The predicted octanol–water partition coefficient (Wildman–Crippen LogP) is 3.54. The molecule has 116 valence electrons. The fourth-order valence-electron chi connectivity index (χ4n) is 1.83. The lowest BCUT2D eigenvalue weighted by molar-refractivity contribution is 0.0962. The van der Waals surface area contributed by atoms with E-state index in [9.17, 15) is 9.18 Å². The summed E-state index contributed by atoms with van der Waals surface area (Å²) >= 11 is 3.09. The average molecular weight is 368 g/mol. The molecule has 2 rings (SSSR count). The highest BCUT2D eigenvalue weighted by atomic mass is 79.9. The maximum absolute atomic E-state index is 14.0. The van der Waals surface area contributed by atoms with Crippen molar-refractivity contribution in [1.29, 1.82) is 0 Å². The van der Waals surface area contributed by atoms with E-state index in [4.69, 9.17) is 9.47 Å². The molecule has 0 bridgehead atoms. The maximum atomic E-state index is 14.0. The van der Waals surface area contributed by atoms with E-state index in [0.717, 1.165) is 11.3 Å². The Morgan fingerprint density at radius 2 is 1.95 bits per heavy atom. The van der Waals surface area contributed by atoms with Crippen LogP contribution >= 0.6 is 15.9 Å². The summed E-state index contributed by atoms with van der Waals surface area (Å²) in [6.07, 6.45) is 0. The summed E-state index contributed by atoms with van der Waals surface area (Å²) in [4.78, 5) is 11.7. The van der Waals surface area contributed by atoms with Gasteiger partial charge in [-0.1, -0.05) is 12.1 Å². The number of carbonyl (C=O) groups is 1. The van der Waals surface area contributed by atoms with Gasteiger partial charge in [0.25, 0.3) is 5.91 Å². The molecule has 0 atom stereocenters. The third-order valence-corrected chi connectivity index (χ3v) is 3.61. The van der Waals surface area contributed by atoms with E-state index < -0.39 is 5.82 Å². The summed E-state index contributed by atoms with van der Waals surface area (Å²) in [6.45, 7) is 0.185. The zero-order valence-electron chi connectivity index (χ0n) is 12.2. The summed E-state index contributed by atoms with van der Waals surface area (Å²) in [5.74, 6) is -0.0979. The first-order valence-electron chi connectivity index (χ1n) is 6.52. The van der Waals surface area contributed by atoms with Gasteiger partial charge in [0.15, 0.2) is 11.6 Å². The number of benzene rings is 2. The van der Waals surface area contributed by atoms with Gasteiger partial charge in [0.1, 0.15) is 12.4 Å². The van der Waals surface area contributed by atoms with Crippen LogP contribution in [0.3, 0.4) is 0 Å². The lowest BCUT2D eigenvalue weighted by atomic mass is 10.2. The second-order valence-electron chi connectivity index (χ2n) is 4.49. The van der Waals surface area contributed by atoms with Crippen LogP contribution in [0.4, 0.5) is 4.39 Å². The first-order valence-corrected chi connectivity index (χ1v) is 7.31. The molecule has 0 aliphatic heterocycles. The molecule has 1 N–H and O–H groups in total. The molecular formula is C16H15BrFNO3.